The largest absolute Gasteiger partial charge is 0.369 e. The average Bonchev–Trinajstić information content (AvgIpc) is 2.63. The zero-order valence-electron chi connectivity index (χ0n) is 8.95. The Labute approximate surface area is 91.3 Å². The van der Waals surface area contributed by atoms with Crippen LogP contribution >= 0.6 is 0 Å². The van der Waals surface area contributed by atoms with Crippen LogP contribution in [0.1, 0.15) is 25.1 Å². The number of rotatable bonds is 3. The summed E-state index contributed by atoms with van der Waals surface area (Å²) < 4.78 is 0. The monoisotopic (exact) mass is 222 g/mol. The van der Waals surface area contributed by atoms with E-state index in [2.05, 4.69) is 19.9 Å². The Bertz CT molecular complexity index is 553. The SMILES string of the molecule is CCC(CN)c1nc2nc(N)[nH]c(=O)c2[nH]1. The second-order valence-corrected chi connectivity index (χ2v) is 3.61. The molecule has 0 aromatic carbocycles. The summed E-state index contributed by atoms with van der Waals surface area (Å²) in [5, 5.41) is 0. The van der Waals surface area contributed by atoms with Crippen LogP contribution in [0, 0.1) is 0 Å². The van der Waals surface area contributed by atoms with Gasteiger partial charge in [-0.2, -0.15) is 4.98 Å². The van der Waals surface area contributed by atoms with Gasteiger partial charge in [0.05, 0.1) is 0 Å². The fourth-order valence-corrected chi connectivity index (χ4v) is 1.61. The molecule has 0 radical (unpaired) electrons. The number of nitrogens with two attached hydrogens (primary N) is 2. The number of aromatic amines is 2. The molecule has 0 aliphatic carbocycles. The highest BCUT2D eigenvalue weighted by atomic mass is 16.1. The maximum Gasteiger partial charge on any atom is 0.278 e. The molecule has 0 aliphatic rings. The number of hydrogen-bond acceptors (Lipinski definition) is 5. The highest BCUT2D eigenvalue weighted by Crippen LogP contribution is 2.16. The minimum Gasteiger partial charge on any atom is -0.369 e. The first-order valence-electron chi connectivity index (χ1n) is 5.11. The van der Waals surface area contributed by atoms with E-state index in [1.807, 2.05) is 6.92 Å². The number of imidazole rings is 1. The van der Waals surface area contributed by atoms with E-state index < -0.39 is 0 Å². The highest BCUT2D eigenvalue weighted by molar-refractivity contribution is 5.70. The molecule has 0 spiro atoms. The molecule has 1 unspecified atom stereocenters. The van der Waals surface area contributed by atoms with Gasteiger partial charge < -0.3 is 16.5 Å². The van der Waals surface area contributed by atoms with Crippen molar-refractivity contribution in [3.05, 3.63) is 16.2 Å². The molecule has 0 amide bonds. The van der Waals surface area contributed by atoms with E-state index in [0.717, 1.165) is 6.42 Å². The lowest BCUT2D eigenvalue weighted by Crippen LogP contribution is -2.13. The number of fused-ring (bicyclic) bond motifs is 1. The van der Waals surface area contributed by atoms with Crippen molar-refractivity contribution in [1.82, 2.24) is 19.9 Å². The molecular formula is C9H14N6O. The molecule has 0 saturated heterocycles. The Morgan fingerprint density at radius 1 is 1.38 bits per heavy atom. The van der Waals surface area contributed by atoms with E-state index in [-0.39, 0.29) is 17.4 Å². The summed E-state index contributed by atoms with van der Waals surface area (Å²) in [5.41, 5.74) is 11.4. The number of aromatic nitrogens is 4. The molecule has 0 fully saturated rings. The van der Waals surface area contributed by atoms with Crippen molar-refractivity contribution in [3.63, 3.8) is 0 Å². The molecule has 0 saturated carbocycles. The number of nitrogen functional groups attached to an aromatic ring is 1. The van der Waals surface area contributed by atoms with Gasteiger partial charge in [0, 0.05) is 12.5 Å². The molecule has 86 valence electrons. The predicted octanol–water partition coefficient (Wildman–Crippen LogP) is -0.319. The maximum atomic E-state index is 11.5. The zero-order valence-corrected chi connectivity index (χ0v) is 8.95. The molecule has 6 N–H and O–H groups in total. The fraction of sp³-hybridized carbons (Fsp3) is 0.444. The van der Waals surface area contributed by atoms with Gasteiger partial charge in [-0.05, 0) is 6.42 Å². The first kappa shape index (κ1) is 10.6. The van der Waals surface area contributed by atoms with E-state index in [1.165, 1.54) is 0 Å². The van der Waals surface area contributed by atoms with E-state index in [4.69, 9.17) is 11.5 Å². The normalized spacial score (nSPS) is 13.1. The summed E-state index contributed by atoms with van der Waals surface area (Å²) in [7, 11) is 0. The third kappa shape index (κ3) is 1.65. The molecule has 2 heterocycles. The van der Waals surface area contributed by atoms with E-state index in [0.29, 0.717) is 23.5 Å². The molecule has 0 aliphatic heterocycles. The number of nitrogens with zero attached hydrogens (tertiary/aromatic N) is 2. The van der Waals surface area contributed by atoms with Crippen molar-refractivity contribution in [3.8, 4) is 0 Å². The number of anilines is 1. The molecular weight excluding hydrogens is 208 g/mol. The summed E-state index contributed by atoms with van der Waals surface area (Å²) in [6.45, 7) is 2.49. The van der Waals surface area contributed by atoms with Crippen molar-refractivity contribution in [1.29, 1.82) is 0 Å². The third-order valence-electron chi connectivity index (χ3n) is 2.56. The Hall–Kier alpha value is -1.89. The highest BCUT2D eigenvalue weighted by Gasteiger charge is 2.14. The summed E-state index contributed by atoms with van der Waals surface area (Å²) in [4.78, 5) is 25.1. The quantitative estimate of drug-likeness (QED) is 0.566. The van der Waals surface area contributed by atoms with Crippen molar-refractivity contribution < 1.29 is 0 Å². The van der Waals surface area contributed by atoms with Gasteiger partial charge in [0.1, 0.15) is 5.82 Å². The molecule has 2 aromatic heterocycles. The van der Waals surface area contributed by atoms with Gasteiger partial charge in [0.15, 0.2) is 11.2 Å². The van der Waals surface area contributed by atoms with Crippen LogP contribution in [0.2, 0.25) is 0 Å². The second-order valence-electron chi connectivity index (χ2n) is 3.61. The van der Waals surface area contributed by atoms with Crippen molar-refractivity contribution in [2.75, 3.05) is 12.3 Å². The lowest BCUT2D eigenvalue weighted by molar-refractivity contribution is 0.640. The minimum atomic E-state index is -0.312. The Balaban J connectivity index is 2.59. The van der Waals surface area contributed by atoms with E-state index >= 15 is 0 Å². The van der Waals surface area contributed by atoms with Gasteiger partial charge in [-0.15, -0.1) is 0 Å². The third-order valence-corrected chi connectivity index (χ3v) is 2.56. The summed E-state index contributed by atoms with van der Waals surface area (Å²) in [5.74, 6) is 0.856. The Morgan fingerprint density at radius 2 is 2.12 bits per heavy atom. The standard InChI is InChI=1S/C9H14N6O/c1-2-4(3-10)6-12-5-7(13-6)14-9(11)15-8(5)16/h4H,2-3,10H2,1H3,(H4,11,12,13,14,15,16). The Morgan fingerprint density at radius 3 is 2.75 bits per heavy atom. The lowest BCUT2D eigenvalue weighted by atomic mass is 10.1. The van der Waals surface area contributed by atoms with Gasteiger partial charge in [-0.3, -0.25) is 9.78 Å². The summed E-state index contributed by atoms with van der Waals surface area (Å²) in [6.07, 6.45) is 0.851. The van der Waals surface area contributed by atoms with Gasteiger partial charge >= 0.3 is 0 Å². The first-order chi connectivity index (χ1) is 7.65. The average molecular weight is 222 g/mol. The predicted molar refractivity (Wildman–Crippen MR) is 61.0 cm³/mol. The molecule has 7 nitrogen and oxygen atoms in total. The van der Waals surface area contributed by atoms with Crippen LogP contribution in [0.25, 0.3) is 11.2 Å². The van der Waals surface area contributed by atoms with Gasteiger partial charge in [-0.25, -0.2) is 4.98 Å². The van der Waals surface area contributed by atoms with Crippen LogP contribution in [0.5, 0.6) is 0 Å². The van der Waals surface area contributed by atoms with E-state index in [1.54, 1.807) is 0 Å². The number of nitrogens with one attached hydrogen (secondary N) is 2. The number of H-pyrrole nitrogens is 2. The van der Waals surface area contributed by atoms with Crippen LogP contribution in [0.15, 0.2) is 4.79 Å². The molecule has 1 atom stereocenters. The lowest BCUT2D eigenvalue weighted by Gasteiger charge is -2.06. The van der Waals surface area contributed by atoms with Crippen LogP contribution in [-0.2, 0) is 0 Å². The molecule has 0 bridgehead atoms. The van der Waals surface area contributed by atoms with Crippen LogP contribution in [-0.4, -0.2) is 26.5 Å². The van der Waals surface area contributed by atoms with Crippen molar-refractivity contribution >= 4 is 17.1 Å². The summed E-state index contributed by atoms with van der Waals surface area (Å²) >= 11 is 0. The van der Waals surface area contributed by atoms with Crippen molar-refractivity contribution in [2.45, 2.75) is 19.3 Å². The molecule has 16 heavy (non-hydrogen) atoms. The Kier molecular flexibility index (Phi) is 2.61. The molecule has 2 aromatic rings. The topological polar surface area (TPSA) is 126 Å². The van der Waals surface area contributed by atoms with Crippen molar-refractivity contribution in [2.24, 2.45) is 5.73 Å². The van der Waals surface area contributed by atoms with Gasteiger partial charge in [0.25, 0.3) is 5.56 Å². The van der Waals surface area contributed by atoms with Gasteiger partial charge in [-0.1, -0.05) is 6.92 Å². The smallest absolute Gasteiger partial charge is 0.278 e. The van der Waals surface area contributed by atoms with Gasteiger partial charge in [0.2, 0.25) is 5.95 Å². The van der Waals surface area contributed by atoms with Crippen LogP contribution in [0.3, 0.4) is 0 Å². The summed E-state index contributed by atoms with van der Waals surface area (Å²) in [6, 6.07) is 0. The van der Waals surface area contributed by atoms with Crippen LogP contribution in [0.4, 0.5) is 5.95 Å². The first-order valence-corrected chi connectivity index (χ1v) is 5.11. The fourth-order valence-electron chi connectivity index (χ4n) is 1.61. The van der Waals surface area contributed by atoms with E-state index in [9.17, 15) is 4.79 Å². The zero-order chi connectivity index (χ0) is 11.7. The molecule has 7 heteroatoms. The number of hydrogen-bond donors (Lipinski definition) is 4. The maximum absolute atomic E-state index is 11.5. The second kappa shape index (κ2) is 3.93. The van der Waals surface area contributed by atoms with Crippen LogP contribution < -0.4 is 17.0 Å². The molecule has 2 rings (SSSR count). The minimum absolute atomic E-state index is 0.0661.